The fraction of sp³-hybridized carbons (Fsp3) is 1.00. The zero-order chi connectivity index (χ0) is 5.82. The second kappa shape index (κ2) is 3.36. The minimum absolute atomic E-state index is 0.892. The number of nitrogens with one attached hydrogen (secondary N) is 1. The fourth-order valence-corrected chi connectivity index (χ4v) is 1.71. The van der Waals surface area contributed by atoms with Gasteiger partial charge in [0.15, 0.2) is 0 Å². The molecule has 1 aliphatic heterocycles. The van der Waals surface area contributed by atoms with Crippen molar-refractivity contribution in [2.24, 2.45) is 0 Å². The van der Waals surface area contributed by atoms with E-state index in [0.717, 1.165) is 5.25 Å². The smallest absolute Gasteiger partial charge is 0.0170 e. The van der Waals surface area contributed by atoms with E-state index in [0.29, 0.717) is 0 Å². The lowest BCUT2D eigenvalue weighted by atomic mass is 10.2. The van der Waals surface area contributed by atoms with Crippen molar-refractivity contribution in [3.8, 4) is 0 Å². The highest BCUT2D eigenvalue weighted by molar-refractivity contribution is 7.99. The molecule has 1 fully saturated rings. The summed E-state index contributed by atoms with van der Waals surface area (Å²) in [5.74, 6) is 0. The minimum Gasteiger partial charge on any atom is -0.316 e. The van der Waals surface area contributed by atoms with Crippen LogP contribution in [-0.4, -0.2) is 24.6 Å². The maximum atomic E-state index is 3.36. The summed E-state index contributed by atoms with van der Waals surface area (Å²) in [7, 11) is 0. The summed E-state index contributed by atoms with van der Waals surface area (Å²) in [5.41, 5.74) is 0. The predicted octanol–water partition coefficient (Wildman–Crippen LogP) is 1.10. The van der Waals surface area contributed by atoms with Crippen molar-refractivity contribution in [2.75, 3.05) is 19.3 Å². The van der Waals surface area contributed by atoms with Gasteiger partial charge in [0.25, 0.3) is 0 Å². The van der Waals surface area contributed by atoms with E-state index in [4.69, 9.17) is 0 Å². The van der Waals surface area contributed by atoms with Gasteiger partial charge >= 0.3 is 0 Å². The molecule has 1 atom stereocenters. The number of piperidine rings is 1. The van der Waals surface area contributed by atoms with Crippen LogP contribution < -0.4 is 5.32 Å². The highest BCUT2D eigenvalue weighted by atomic mass is 32.2. The molecule has 0 amide bonds. The topological polar surface area (TPSA) is 12.0 Å². The molecule has 1 rings (SSSR count). The first kappa shape index (κ1) is 6.43. The molecule has 0 aliphatic carbocycles. The molecule has 1 unspecified atom stereocenters. The van der Waals surface area contributed by atoms with Gasteiger partial charge in [0.05, 0.1) is 0 Å². The van der Waals surface area contributed by atoms with Crippen molar-refractivity contribution in [3.63, 3.8) is 0 Å². The van der Waals surface area contributed by atoms with Gasteiger partial charge in [0.2, 0.25) is 0 Å². The Balaban J connectivity index is 2.13. The second-order valence-electron chi connectivity index (χ2n) is 2.20. The van der Waals surface area contributed by atoms with E-state index in [2.05, 4.69) is 11.6 Å². The normalized spacial score (nSPS) is 30.4. The van der Waals surface area contributed by atoms with Crippen LogP contribution in [0.15, 0.2) is 0 Å². The lowest BCUT2D eigenvalue weighted by molar-refractivity contribution is 0.532. The molecule has 0 bridgehead atoms. The van der Waals surface area contributed by atoms with Gasteiger partial charge in [-0.3, -0.25) is 0 Å². The standard InChI is InChI=1S/C6H13NS/c1-8-6-3-2-4-7-5-6/h6-7H,2-5H2,1H3. The number of thioether (sulfide) groups is 1. The van der Waals surface area contributed by atoms with E-state index in [1.54, 1.807) is 0 Å². The van der Waals surface area contributed by atoms with Crippen LogP contribution in [0.2, 0.25) is 0 Å². The van der Waals surface area contributed by atoms with Gasteiger partial charge in [-0.25, -0.2) is 0 Å². The molecular weight excluding hydrogens is 118 g/mol. The van der Waals surface area contributed by atoms with Gasteiger partial charge < -0.3 is 5.32 Å². The van der Waals surface area contributed by atoms with Crippen LogP contribution in [0.4, 0.5) is 0 Å². The zero-order valence-electron chi connectivity index (χ0n) is 5.31. The first-order valence-electron chi connectivity index (χ1n) is 3.17. The minimum atomic E-state index is 0.892. The summed E-state index contributed by atoms with van der Waals surface area (Å²) < 4.78 is 0. The van der Waals surface area contributed by atoms with Crippen LogP contribution in [0.5, 0.6) is 0 Å². The Kier molecular flexibility index (Phi) is 2.70. The van der Waals surface area contributed by atoms with E-state index >= 15 is 0 Å². The summed E-state index contributed by atoms with van der Waals surface area (Å²) in [5, 5.41) is 4.26. The Labute approximate surface area is 55.2 Å². The SMILES string of the molecule is CSC1CCCNC1. The van der Waals surface area contributed by atoms with Gasteiger partial charge in [-0.15, -0.1) is 0 Å². The molecule has 0 aromatic rings. The lowest BCUT2D eigenvalue weighted by Gasteiger charge is -2.19. The van der Waals surface area contributed by atoms with Gasteiger partial charge in [0.1, 0.15) is 0 Å². The molecule has 1 N–H and O–H groups in total. The Morgan fingerprint density at radius 3 is 2.88 bits per heavy atom. The van der Waals surface area contributed by atoms with E-state index in [1.807, 2.05) is 11.8 Å². The van der Waals surface area contributed by atoms with Crippen LogP contribution >= 0.6 is 11.8 Å². The number of rotatable bonds is 1. The Bertz CT molecular complexity index is 59.5. The highest BCUT2D eigenvalue weighted by Crippen LogP contribution is 2.14. The molecule has 0 aromatic heterocycles. The maximum Gasteiger partial charge on any atom is 0.0170 e. The van der Waals surface area contributed by atoms with Crippen molar-refractivity contribution < 1.29 is 0 Å². The molecule has 0 radical (unpaired) electrons. The number of hydrogen-bond donors (Lipinski definition) is 1. The molecule has 1 saturated heterocycles. The Morgan fingerprint density at radius 1 is 1.62 bits per heavy atom. The monoisotopic (exact) mass is 131 g/mol. The molecule has 1 aliphatic rings. The van der Waals surface area contributed by atoms with Gasteiger partial charge in [0, 0.05) is 11.8 Å². The van der Waals surface area contributed by atoms with Crippen molar-refractivity contribution in [1.29, 1.82) is 0 Å². The highest BCUT2D eigenvalue weighted by Gasteiger charge is 2.09. The predicted molar refractivity (Wildman–Crippen MR) is 39.4 cm³/mol. The molecule has 1 heterocycles. The van der Waals surface area contributed by atoms with Crippen LogP contribution in [0.3, 0.4) is 0 Å². The summed E-state index contributed by atoms with van der Waals surface area (Å²) in [4.78, 5) is 0. The second-order valence-corrected chi connectivity index (χ2v) is 3.34. The molecule has 48 valence electrons. The quantitative estimate of drug-likeness (QED) is 0.572. The number of hydrogen-bond acceptors (Lipinski definition) is 2. The largest absolute Gasteiger partial charge is 0.316 e. The average molecular weight is 131 g/mol. The van der Waals surface area contributed by atoms with Crippen molar-refractivity contribution >= 4 is 11.8 Å². The molecule has 1 nitrogen and oxygen atoms in total. The van der Waals surface area contributed by atoms with Crippen LogP contribution in [0, 0.1) is 0 Å². The van der Waals surface area contributed by atoms with E-state index in [-0.39, 0.29) is 0 Å². The lowest BCUT2D eigenvalue weighted by Crippen LogP contribution is -2.31. The Hall–Kier alpha value is 0.310. The third kappa shape index (κ3) is 1.67. The molecule has 0 saturated carbocycles. The van der Waals surface area contributed by atoms with Gasteiger partial charge in [-0.1, -0.05) is 0 Å². The maximum absolute atomic E-state index is 3.36. The van der Waals surface area contributed by atoms with E-state index in [9.17, 15) is 0 Å². The molecule has 0 aromatic carbocycles. The van der Waals surface area contributed by atoms with Crippen LogP contribution in [-0.2, 0) is 0 Å². The van der Waals surface area contributed by atoms with Gasteiger partial charge in [-0.05, 0) is 25.6 Å². The molecule has 2 heteroatoms. The third-order valence-corrected chi connectivity index (χ3v) is 2.65. The fourth-order valence-electron chi connectivity index (χ4n) is 1.02. The summed E-state index contributed by atoms with van der Waals surface area (Å²) in [6.45, 7) is 2.46. The van der Waals surface area contributed by atoms with Gasteiger partial charge in [-0.2, -0.15) is 11.8 Å². The Morgan fingerprint density at radius 2 is 2.50 bits per heavy atom. The average Bonchev–Trinajstić information content (AvgIpc) is 1.90. The third-order valence-electron chi connectivity index (χ3n) is 1.58. The van der Waals surface area contributed by atoms with Crippen molar-refractivity contribution in [2.45, 2.75) is 18.1 Å². The summed E-state index contributed by atoms with van der Waals surface area (Å²) in [6.07, 6.45) is 4.97. The zero-order valence-corrected chi connectivity index (χ0v) is 6.13. The first-order valence-corrected chi connectivity index (χ1v) is 4.46. The molecule has 0 spiro atoms. The van der Waals surface area contributed by atoms with Crippen molar-refractivity contribution in [1.82, 2.24) is 5.32 Å². The molecular formula is C6H13NS. The first-order chi connectivity index (χ1) is 3.93. The van der Waals surface area contributed by atoms with Crippen molar-refractivity contribution in [3.05, 3.63) is 0 Å². The summed E-state index contributed by atoms with van der Waals surface area (Å²) >= 11 is 1.98. The van der Waals surface area contributed by atoms with Crippen LogP contribution in [0.1, 0.15) is 12.8 Å². The summed E-state index contributed by atoms with van der Waals surface area (Å²) in [6, 6.07) is 0. The van der Waals surface area contributed by atoms with E-state index < -0.39 is 0 Å². The van der Waals surface area contributed by atoms with Crippen LogP contribution in [0.25, 0.3) is 0 Å². The van der Waals surface area contributed by atoms with E-state index in [1.165, 1.54) is 25.9 Å². The molecule has 8 heavy (non-hydrogen) atoms.